The third kappa shape index (κ3) is 3.81. The maximum absolute atomic E-state index is 11.8. The molecule has 1 aliphatic rings. The summed E-state index contributed by atoms with van der Waals surface area (Å²) in [6.07, 6.45) is 1.56. The smallest absolute Gasteiger partial charge is 0.410 e. The number of hydrogen-bond donors (Lipinski definition) is 0. The van der Waals surface area contributed by atoms with Gasteiger partial charge in [-0.3, -0.25) is 4.79 Å². The Morgan fingerprint density at radius 1 is 1.16 bits per heavy atom. The first-order chi connectivity index (χ1) is 9.19. The summed E-state index contributed by atoms with van der Waals surface area (Å²) in [6, 6.07) is 8.04. The van der Waals surface area contributed by atoms with E-state index in [1.807, 2.05) is 24.3 Å². The zero-order valence-corrected chi connectivity index (χ0v) is 11.2. The van der Waals surface area contributed by atoms with Gasteiger partial charge in [0.2, 0.25) is 0 Å². The van der Waals surface area contributed by atoms with Gasteiger partial charge in [-0.05, 0) is 17.5 Å². The number of likely N-dealkylation sites (tertiary alicyclic amines) is 1. The molecule has 0 aromatic heterocycles. The fraction of sp³-hybridized carbons (Fsp3) is 0.467. The minimum Gasteiger partial charge on any atom is -0.445 e. The number of benzene rings is 1. The second kappa shape index (κ2) is 6.36. The predicted molar refractivity (Wildman–Crippen MR) is 71.8 cm³/mol. The predicted octanol–water partition coefficient (Wildman–Crippen LogP) is 2.55. The minimum absolute atomic E-state index is 0.221. The molecule has 0 spiro atoms. The van der Waals surface area contributed by atoms with Gasteiger partial charge in [0.05, 0.1) is 0 Å². The molecule has 0 unspecified atom stereocenters. The monoisotopic (exact) mass is 261 g/mol. The molecule has 1 aromatic rings. The second-order valence-electron chi connectivity index (χ2n) is 4.75. The van der Waals surface area contributed by atoms with Crippen LogP contribution in [-0.4, -0.2) is 29.9 Å². The Labute approximate surface area is 113 Å². The number of Topliss-reactive ketones (excluding diaryl/α,β-unsaturated/α-hetero) is 1. The van der Waals surface area contributed by atoms with E-state index in [-0.39, 0.29) is 18.5 Å². The summed E-state index contributed by atoms with van der Waals surface area (Å²) in [5.74, 6) is 0.221. The van der Waals surface area contributed by atoms with E-state index >= 15 is 0 Å². The number of piperidine rings is 1. The fourth-order valence-electron chi connectivity index (χ4n) is 2.05. The number of rotatable bonds is 3. The van der Waals surface area contributed by atoms with Gasteiger partial charge in [-0.1, -0.05) is 31.2 Å². The fourth-order valence-corrected chi connectivity index (χ4v) is 2.05. The Hall–Kier alpha value is -1.84. The van der Waals surface area contributed by atoms with Crippen LogP contribution < -0.4 is 0 Å². The zero-order chi connectivity index (χ0) is 13.7. The SMILES string of the molecule is CCc1ccc(COC(=O)N2CCC(=O)CC2)cc1. The van der Waals surface area contributed by atoms with E-state index in [9.17, 15) is 9.59 Å². The summed E-state index contributed by atoms with van der Waals surface area (Å²) < 4.78 is 5.25. The lowest BCUT2D eigenvalue weighted by Gasteiger charge is -2.25. The van der Waals surface area contributed by atoms with Crippen molar-refractivity contribution >= 4 is 11.9 Å². The highest BCUT2D eigenvalue weighted by molar-refractivity contribution is 5.81. The van der Waals surface area contributed by atoms with Gasteiger partial charge in [-0.2, -0.15) is 0 Å². The third-order valence-electron chi connectivity index (χ3n) is 3.37. The van der Waals surface area contributed by atoms with Crippen LogP contribution >= 0.6 is 0 Å². The van der Waals surface area contributed by atoms with Gasteiger partial charge < -0.3 is 9.64 Å². The molecule has 4 heteroatoms. The number of nitrogens with zero attached hydrogens (tertiary/aromatic N) is 1. The third-order valence-corrected chi connectivity index (χ3v) is 3.37. The number of carbonyl (C=O) groups excluding carboxylic acids is 2. The number of ether oxygens (including phenoxy) is 1. The molecule has 1 amide bonds. The van der Waals surface area contributed by atoms with Gasteiger partial charge in [-0.25, -0.2) is 4.79 Å². The van der Waals surface area contributed by atoms with Crippen molar-refractivity contribution in [2.24, 2.45) is 0 Å². The van der Waals surface area contributed by atoms with Crippen LogP contribution in [0.25, 0.3) is 0 Å². The lowest BCUT2D eigenvalue weighted by Crippen LogP contribution is -2.38. The van der Waals surface area contributed by atoms with Crippen LogP contribution in [0.15, 0.2) is 24.3 Å². The number of ketones is 1. The highest BCUT2D eigenvalue weighted by Crippen LogP contribution is 2.10. The second-order valence-corrected chi connectivity index (χ2v) is 4.75. The molecule has 19 heavy (non-hydrogen) atoms. The van der Waals surface area contributed by atoms with Gasteiger partial charge >= 0.3 is 6.09 Å². The number of carbonyl (C=O) groups is 2. The molecule has 1 saturated heterocycles. The van der Waals surface area contributed by atoms with Crippen LogP contribution in [0.1, 0.15) is 30.9 Å². The van der Waals surface area contributed by atoms with Crippen molar-refractivity contribution < 1.29 is 14.3 Å². The van der Waals surface area contributed by atoms with Crippen LogP contribution in [0.2, 0.25) is 0 Å². The first kappa shape index (κ1) is 13.6. The molecule has 4 nitrogen and oxygen atoms in total. The lowest BCUT2D eigenvalue weighted by molar-refractivity contribution is -0.121. The Kier molecular flexibility index (Phi) is 4.55. The summed E-state index contributed by atoms with van der Waals surface area (Å²) in [5.41, 5.74) is 2.25. The Bertz CT molecular complexity index is 443. The molecule has 102 valence electrons. The van der Waals surface area contributed by atoms with Gasteiger partial charge in [0.15, 0.2) is 0 Å². The molecule has 1 aromatic carbocycles. The summed E-state index contributed by atoms with van der Waals surface area (Å²) in [4.78, 5) is 24.5. The Morgan fingerprint density at radius 2 is 1.74 bits per heavy atom. The Morgan fingerprint density at radius 3 is 2.32 bits per heavy atom. The van der Waals surface area contributed by atoms with Crippen molar-refractivity contribution in [1.29, 1.82) is 0 Å². The molecule has 0 saturated carbocycles. The van der Waals surface area contributed by atoms with Crippen molar-refractivity contribution in [2.75, 3.05) is 13.1 Å². The van der Waals surface area contributed by atoms with Crippen LogP contribution in [0.5, 0.6) is 0 Å². The van der Waals surface area contributed by atoms with E-state index in [0.29, 0.717) is 25.9 Å². The highest BCUT2D eigenvalue weighted by atomic mass is 16.6. The standard InChI is InChI=1S/C15H19NO3/c1-2-12-3-5-13(6-4-12)11-19-15(18)16-9-7-14(17)8-10-16/h3-6H,2,7-11H2,1H3. The highest BCUT2D eigenvalue weighted by Gasteiger charge is 2.21. The van der Waals surface area contributed by atoms with Gasteiger partial charge in [0, 0.05) is 25.9 Å². The van der Waals surface area contributed by atoms with Gasteiger partial charge in [0.25, 0.3) is 0 Å². The van der Waals surface area contributed by atoms with Gasteiger partial charge in [-0.15, -0.1) is 0 Å². The number of aryl methyl sites for hydroxylation is 1. The molecule has 0 atom stereocenters. The summed E-state index contributed by atoms with van der Waals surface area (Å²) >= 11 is 0. The summed E-state index contributed by atoms with van der Waals surface area (Å²) in [5, 5.41) is 0. The van der Waals surface area contributed by atoms with E-state index in [2.05, 4.69) is 6.92 Å². The first-order valence-electron chi connectivity index (χ1n) is 6.70. The van der Waals surface area contributed by atoms with E-state index in [1.54, 1.807) is 4.90 Å². The van der Waals surface area contributed by atoms with Crippen LogP contribution in [-0.2, 0) is 22.6 Å². The average Bonchev–Trinajstić information content (AvgIpc) is 2.46. The van der Waals surface area contributed by atoms with Gasteiger partial charge in [0.1, 0.15) is 12.4 Å². The molecule has 2 rings (SSSR count). The molecule has 0 N–H and O–H groups in total. The molecule has 0 bridgehead atoms. The van der Waals surface area contributed by atoms with Crippen molar-refractivity contribution in [3.8, 4) is 0 Å². The molecule has 1 heterocycles. The van der Waals surface area contributed by atoms with Crippen molar-refractivity contribution in [3.63, 3.8) is 0 Å². The normalized spacial score (nSPS) is 15.4. The van der Waals surface area contributed by atoms with E-state index in [1.165, 1.54) is 5.56 Å². The molecular weight excluding hydrogens is 242 g/mol. The molecular formula is C15H19NO3. The molecule has 1 fully saturated rings. The Balaban J connectivity index is 1.80. The summed E-state index contributed by atoms with van der Waals surface area (Å²) in [6.45, 7) is 3.35. The van der Waals surface area contributed by atoms with Crippen molar-refractivity contribution in [2.45, 2.75) is 32.8 Å². The number of amides is 1. The van der Waals surface area contributed by atoms with Crippen LogP contribution in [0.4, 0.5) is 4.79 Å². The lowest BCUT2D eigenvalue weighted by atomic mass is 10.1. The average molecular weight is 261 g/mol. The summed E-state index contributed by atoms with van der Waals surface area (Å²) in [7, 11) is 0. The first-order valence-corrected chi connectivity index (χ1v) is 6.70. The topological polar surface area (TPSA) is 46.6 Å². The quantitative estimate of drug-likeness (QED) is 0.840. The number of hydrogen-bond acceptors (Lipinski definition) is 3. The van der Waals surface area contributed by atoms with Crippen molar-refractivity contribution in [3.05, 3.63) is 35.4 Å². The van der Waals surface area contributed by atoms with E-state index < -0.39 is 0 Å². The molecule has 1 aliphatic heterocycles. The van der Waals surface area contributed by atoms with Crippen molar-refractivity contribution in [1.82, 2.24) is 4.90 Å². The van der Waals surface area contributed by atoms with Crippen LogP contribution in [0.3, 0.4) is 0 Å². The molecule has 0 radical (unpaired) electrons. The minimum atomic E-state index is -0.327. The van der Waals surface area contributed by atoms with E-state index in [0.717, 1.165) is 12.0 Å². The maximum atomic E-state index is 11.8. The largest absolute Gasteiger partial charge is 0.445 e. The zero-order valence-electron chi connectivity index (χ0n) is 11.2. The van der Waals surface area contributed by atoms with Crippen LogP contribution in [0, 0.1) is 0 Å². The maximum Gasteiger partial charge on any atom is 0.410 e. The molecule has 0 aliphatic carbocycles. The van der Waals surface area contributed by atoms with E-state index in [4.69, 9.17) is 4.74 Å².